The van der Waals surface area contributed by atoms with Gasteiger partial charge in [0.1, 0.15) is 0 Å². The van der Waals surface area contributed by atoms with E-state index < -0.39 is 0 Å². The predicted octanol–water partition coefficient (Wildman–Crippen LogP) is 5.39. The van der Waals surface area contributed by atoms with Crippen molar-refractivity contribution in [3.63, 3.8) is 0 Å². The molecular formula is C17H10Br2O. The van der Waals surface area contributed by atoms with Crippen LogP contribution in [-0.2, 0) is 0 Å². The zero-order chi connectivity index (χ0) is 13.9. The minimum atomic E-state index is -0.172. The van der Waals surface area contributed by atoms with Crippen LogP contribution in [0.1, 0.15) is 20.7 Å². The SMILES string of the molecule is O=C1c2ccc3c(ccc4ccccc43)c2C(Br)C1Br. The highest BCUT2D eigenvalue weighted by atomic mass is 79.9. The van der Waals surface area contributed by atoms with Gasteiger partial charge in [-0.2, -0.15) is 0 Å². The molecule has 20 heavy (non-hydrogen) atoms. The smallest absolute Gasteiger partial charge is 0.178 e. The molecule has 2 atom stereocenters. The average Bonchev–Trinajstić information content (AvgIpc) is 2.72. The maximum absolute atomic E-state index is 12.2. The molecule has 98 valence electrons. The molecule has 1 nitrogen and oxygen atoms in total. The van der Waals surface area contributed by atoms with Gasteiger partial charge in [0, 0.05) is 5.56 Å². The Morgan fingerprint density at radius 3 is 2.35 bits per heavy atom. The van der Waals surface area contributed by atoms with Gasteiger partial charge in [0.2, 0.25) is 0 Å². The van der Waals surface area contributed by atoms with Crippen molar-refractivity contribution in [3.8, 4) is 0 Å². The zero-order valence-electron chi connectivity index (χ0n) is 10.4. The van der Waals surface area contributed by atoms with E-state index in [4.69, 9.17) is 0 Å². The van der Waals surface area contributed by atoms with Crippen LogP contribution in [0, 0.1) is 0 Å². The van der Waals surface area contributed by atoms with E-state index in [1.54, 1.807) is 0 Å². The third-order valence-electron chi connectivity index (χ3n) is 4.02. The summed E-state index contributed by atoms with van der Waals surface area (Å²) >= 11 is 7.15. The summed E-state index contributed by atoms with van der Waals surface area (Å²) in [6, 6.07) is 16.6. The Bertz CT molecular complexity index is 869. The number of hydrogen-bond acceptors (Lipinski definition) is 1. The third kappa shape index (κ3) is 1.57. The molecule has 4 rings (SSSR count). The van der Waals surface area contributed by atoms with Crippen molar-refractivity contribution in [2.45, 2.75) is 9.65 Å². The van der Waals surface area contributed by atoms with E-state index in [0.717, 1.165) is 11.1 Å². The van der Waals surface area contributed by atoms with Crippen LogP contribution in [0.15, 0.2) is 48.5 Å². The zero-order valence-corrected chi connectivity index (χ0v) is 13.6. The van der Waals surface area contributed by atoms with Crippen LogP contribution < -0.4 is 0 Å². The quantitative estimate of drug-likeness (QED) is 0.372. The Hall–Kier alpha value is -1.19. The molecule has 0 radical (unpaired) electrons. The Labute approximate surface area is 133 Å². The standard InChI is InChI=1S/C17H10Br2O/c18-15-14-12-6-5-9-3-1-2-4-10(9)11(12)7-8-13(14)17(20)16(15)19/h1-8,15-16H. The summed E-state index contributed by atoms with van der Waals surface area (Å²) in [6.07, 6.45) is 0. The van der Waals surface area contributed by atoms with Gasteiger partial charge in [0.15, 0.2) is 5.78 Å². The molecule has 2 unspecified atom stereocenters. The van der Waals surface area contributed by atoms with Crippen molar-refractivity contribution in [2.24, 2.45) is 0 Å². The molecule has 0 heterocycles. The molecule has 0 amide bonds. The number of alkyl halides is 2. The summed E-state index contributed by atoms with van der Waals surface area (Å²) in [5.74, 6) is 0.164. The number of Topliss-reactive ketones (excluding diaryl/α,β-unsaturated/α-hetero) is 1. The largest absolute Gasteiger partial charge is 0.293 e. The van der Waals surface area contributed by atoms with Gasteiger partial charge >= 0.3 is 0 Å². The summed E-state index contributed by atoms with van der Waals surface area (Å²) in [6.45, 7) is 0. The van der Waals surface area contributed by atoms with Crippen molar-refractivity contribution in [2.75, 3.05) is 0 Å². The highest BCUT2D eigenvalue weighted by Crippen LogP contribution is 2.46. The summed E-state index contributed by atoms with van der Waals surface area (Å²) < 4.78 is 0. The summed E-state index contributed by atoms with van der Waals surface area (Å²) in [4.78, 5) is 12.1. The molecule has 1 aliphatic rings. The van der Waals surface area contributed by atoms with Gasteiger partial charge in [-0.3, -0.25) is 4.79 Å². The topological polar surface area (TPSA) is 17.1 Å². The van der Waals surface area contributed by atoms with Crippen LogP contribution in [-0.4, -0.2) is 10.6 Å². The Balaban J connectivity index is 2.17. The van der Waals surface area contributed by atoms with E-state index in [1.165, 1.54) is 21.5 Å². The van der Waals surface area contributed by atoms with Gasteiger partial charge in [-0.1, -0.05) is 80.4 Å². The molecule has 3 heteroatoms. The summed E-state index contributed by atoms with van der Waals surface area (Å²) in [5, 5.41) is 4.84. The number of benzene rings is 3. The van der Waals surface area contributed by atoms with Crippen molar-refractivity contribution in [3.05, 3.63) is 59.7 Å². The Morgan fingerprint density at radius 2 is 1.50 bits per heavy atom. The number of carbonyl (C=O) groups is 1. The predicted molar refractivity (Wildman–Crippen MR) is 90.2 cm³/mol. The van der Waals surface area contributed by atoms with Crippen LogP contribution >= 0.6 is 31.9 Å². The normalized spacial score (nSPS) is 21.6. The average molecular weight is 390 g/mol. The molecule has 0 spiro atoms. The fourth-order valence-corrected chi connectivity index (χ4v) is 4.30. The van der Waals surface area contributed by atoms with Gasteiger partial charge in [-0.05, 0) is 27.1 Å². The fourth-order valence-electron chi connectivity index (χ4n) is 3.05. The lowest BCUT2D eigenvalue weighted by Gasteiger charge is -2.11. The third-order valence-corrected chi connectivity index (χ3v) is 6.66. The van der Waals surface area contributed by atoms with Crippen molar-refractivity contribution in [1.29, 1.82) is 0 Å². The molecule has 0 aliphatic heterocycles. The van der Waals surface area contributed by atoms with Crippen LogP contribution in [0.25, 0.3) is 21.5 Å². The number of hydrogen-bond donors (Lipinski definition) is 0. The summed E-state index contributed by atoms with van der Waals surface area (Å²) in [7, 11) is 0. The molecule has 0 aromatic heterocycles. The second kappa shape index (κ2) is 4.40. The number of fused-ring (bicyclic) bond motifs is 5. The first-order valence-corrected chi connectivity index (χ1v) is 8.28. The highest BCUT2D eigenvalue weighted by molar-refractivity contribution is 9.12. The lowest BCUT2D eigenvalue weighted by molar-refractivity contribution is 0.100. The fraction of sp³-hybridized carbons (Fsp3) is 0.118. The first kappa shape index (κ1) is 12.5. The first-order chi connectivity index (χ1) is 9.68. The van der Waals surface area contributed by atoms with Crippen molar-refractivity contribution in [1.82, 2.24) is 0 Å². The number of rotatable bonds is 0. The molecule has 3 aromatic rings. The van der Waals surface area contributed by atoms with Crippen LogP contribution in [0.2, 0.25) is 0 Å². The van der Waals surface area contributed by atoms with E-state index in [9.17, 15) is 4.79 Å². The second-order valence-corrected chi connectivity index (χ2v) is 7.05. The number of ketones is 1. The minimum absolute atomic E-state index is 0.0369. The minimum Gasteiger partial charge on any atom is -0.293 e. The molecule has 0 bridgehead atoms. The highest BCUT2D eigenvalue weighted by Gasteiger charge is 2.37. The first-order valence-electron chi connectivity index (χ1n) is 6.45. The molecule has 1 aliphatic carbocycles. The Kier molecular flexibility index (Phi) is 2.76. The number of carbonyl (C=O) groups excluding carboxylic acids is 1. The molecule has 0 fully saturated rings. The van der Waals surface area contributed by atoms with E-state index >= 15 is 0 Å². The van der Waals surface area contributed by atoms with Gasteiger partial charge in [0.25, 0.3) is 0 Å². The maximum atomic E-state index is 12.2. The van der Waals surface area contributed by atoms with E-state index in [1.807, 2.05) is 12.1 Å². The molecule has 0 N–H and O–H groups in total. The van der Waals surface area contributed by atoms with Gasteiger partial charge in [0.05, 0.1) is 9.65 Å². The Morgan fingerprint density at radius 1 is 0.750 bits per heavy atom. The van der Waals surface area contributed by atoms with Crippen molar-refractivity contribution < 1.29 is 4.79 Å². The van der Waals surface area contributed by atoms with Gasteiger partial charge in [-0.25, -0.2) is 0 Å². The molecule has 0 saturated heterocycles. The van der Waals surface area contributed by atoms with Gasteiger partial charge in [-0.15, -0.1) is 0 Å². The lowest BCUT2D eigenvalue weighted by atomic mass is 9.96. The van der Waals surface area contributed by atoms with Gasteiger partial charge < -0.3 is 0 Å². The molecular weight excluding hydrogens is 380 g/mol. The van der Waals surface area contributed by atoms with Crippen molar-refractivity contribution >= 4 is 59.2 Å². The van der Waals surface area contributed by atoms with Crippen LogP contribution in [0.4, 0.5) is 0 Å². The second-order valence-electron chi connectivity index (χ2n) is 5.08. The monoisotopic (exact) mass is 388 g/mol. The van der Waals surface area contributed by atoms with E-state index in [2.05, 4.69) is 68.3 Å². The number of halogens is 2. The van der Waals surface area contributed by atoms with Crippen LogP contribution in [0.3, 0.4) is 0 Å². The maximum Gasteiger partial charge on any atom is 0.178 e. The lowest BCUT2D eigenvalue weighted by Crippen LogP contribution is -2.07. The molecule has 0 saturated carbocycles. The van der Waals surface area contributed by atoms with Crippen LogP contribution in [0.5, 0.6) is 0 Å². The van der Waals surface area contributed by atoms with E-state index in [0.29, 0.717) is 0 Å². The molecule has 3 aromatic carbocycles. The van der Waals surface area contributed by atoms with E-state index in [-0.39, 0.29) is 15.4 Å². The summed E-state index contributed by atoms with van der Waals surface area (Å²) in [5.41, 5.74) is 1.94.